The van der Waals surface area contributed by atoms with Crippen molar-refractivity contribution in [2.45, 2.75) is 6.92 Å². The molecule has 0 aromatic heterocycles. The lowest BCUT2D eigenvalue weighted by molar-refractivity contribution is -0.896. The summed E-state index contributed by atoms with van der Waals surface area (Å²) in [5.74, 6) is -2.85. The largest absolute Gasteiger partial charge is 0.342 e. The molecule has 25 heavy (non-hydrogen) atoms. The fraction of sp³-hybridized carbons (Fsp3) is 0.438. The summed E-state index contributed by atoms with van der Waals surface area (Å²) in [4.78, 5) is 37.6. The Labute approximate surface area is 144 Å². The van der Waals surface area contributed by atoms with Crippen LogP contribution in [0.5, 0.6) is 0 Å². The number of nitrogens with zero attached hydrogens (tertiary/aromatic N) is 1. The van der Waals surface area contributed by atoms with Gasteiger partial charge < -0.3 is 20.4 Å². The molecule has 0 saturated carbocycles. The summed E-state index contributed by atoms with van der Waals surface area (Å²) in [7, 11) is 0. The molecule has 1 heterocycles. The third-order valence-corrected chi connectivity index (χ3v) is 3.98. The first kappa shape index (κ1) is 18.8. The Morgan fingerprint density at radius 3 is 2.40 bits per heavy atom. The van der Waals surface area contributed by atoms with E-state index in [1.807, 2.05) is 0 Å². The predicted octanol–water partition coefficient (Wildman–Crippen LogP) is -1.23. The Bertz CT molecular complexity index is 661. The predicted molar refractivity (Wildman–Crippen MR) is 85.8 cm³/mol. The van der Waals surface area contributed by atoms with Crippen LogP contribution < -0.4 is 15.5 Å². The van der Waals surface area contributed by atoms with E-state index in [2.05, 4.69) is 10.6 Å². The Morgan fingerprint density at radius 1 is 1.12 bits per heavy atom. The van der Waals surface area contributed by atoms with Gasteiger partial charge in [0.15, 0.2) is 18.2 Å². The van der Waals surface area contributed by atoms with Crippen molar-refractivity contribution in [2.75, 3.05) is 44.6 Å². The van der Waals surface area contributed by atoms with Crippen molar-refractivity contribution in [1.29, 1.82) is 0 Å². The van der Waals surface area contributed by atoms with Crippen molar-refractivity contribution in [3.63, 3.8) is 0 Å². The molecule has 1 fully saturated rings. The maximum atomic E-state index is 13.1. The summed E-state index contributed by atoms with van der Waals surface area (Å²) in [5.41, 5.74) is 0.115. The van der Waals surface area contributed by atoms with Crippen molar-refractivity contribution in [3.8, 4) is 0 Å². The first-order valence-electron chi connectivity index (χ1n) is 7.96. The van der Waals surface area contributed by atoms with Crippen LogP contribution in [0.1, 0.15) is 6.92 Å². The van der Waals surface area contributed by atoms with Gasteiger partial charge in [-0.15, -0.1) is 0 Å². The zero-order chi connectivity index (χ0) is 18.4. The molecule has 0 aliphatic carbocycles. The van der Waals surface area contributed by atoms with Gasteiger partial charge in [-0.2, -0.15) is 0 Å². The van der Waals surface area contributed by atoms with Crippen LogP contribution in [-0.4, -0.2) is 61.9 Å². The maximum absolute atomic E-state index is 13.1. The fourth-order valence-electron chi connectivity index (χ4n) is 2.56. The zero-order valence-electron chi connectivity index (χ0n) is 13.9. The first-order chi connectivity index (χ1) is 11.8. The summed E-state index contributed by atoms with van der Waals surface area (Å²) >= 11 is 0. The van der Waals surface area contributed by atoms with Gasteiger partial charge in [0.25, 0.3) is 5.91 Å². The maximum Gasteiger partial charge on any atom is 0.275 e. The van der Waals surface area contributed by atoms with E-state index in [0.29, 0.717) is 26.2 Å². The van der Waals surface area contributed by atoms with Crippen LogP contribution in [0, 0.1) is 11.6 Å². The molecule has 1 aliphatic rings. The number of anilines is 1. The molecule has 0 unspecified atom stereocenters. The number of amides is 3. The van der Waals surface area contributed by atoms with E-state index in [1.165, 1.54) is 13.0 Å². The lowest BCUT2D eigenvalue weighted by Crippen LogP contribution is -3.15. The summed E-state index contributed by atoms with van der Waals surface area (Å²) < 4.78 is 25.9. The molecule has 9 heteroatoms. The van der Waals surface area contributed by atoms with Gasteiger partial charge in [-0.1, -0.05) is 0 Å². The molecule has 1 aromatic carbocycles. The molecular formula is C16H21F2N4O3+. The molecule has 7 nitrogen and oxygen atoms in total. The van der Waals surface area contributed by atoms with E-state index in [9.17, 15) is 23.2 Å². The Hall–Kier alpha value is -2.55. The molecule has 2 rings (SSSR count). The highest BCUT2D eigenvalue weighted by Crippen LogP contribution is 2.12. The van der Waals surface area contributed by atoms with Crippen molar-refractivity contribution >= 4 is 23.4 Å². The number of piperazine rings is 1. The van der Waals surface area contributed by atoms with Crippen molar-refractivity contribution in [2.24, 2.45) is 0 Å². The molecule has 0 atom stereocenters. The highest BCUT2D eigenvalue weighted by atomic mass is 19.2. The van der Waals surface area contributed by atoms with Crippen LogP contribution in [-0.2, 0) is 14.4 Å². The van der Waals surface area contributed by atoms with Gasteiger partial charge in [-0.05, 0) is 12.1 Å². The van der Waals surface area contributed by atoms with E-state index in [0.717, 1.165) is 17.0 Å². The second-order valence-electron chi connectivity index (χ2n) is 5.89. The Balaban J connectivity index is 1.70. The number of nitrogens with one attached hydrogen (secondary N) is 3. The molecular weight excluding hydrogens is 334 g/mol. The molecule has 0 bridgehead atoms. The second-order valence-corrected chi connectivity index (χ2v) is 5.89. The van der Waals surface area contributed by atoms with Crippen LogP contribution in [0.25, 0.3) is 0 Å². The van der Waals surface area contributed by atoms with Gasteiger partial charge in [-0.3, -0.25) is 14.4 Å². The smallest absolute Gasteiger partial charge is 0.275 e. The van der Waals surface area contributed by atoms with Crippen molar-refractivity contribution < 1.29 is 28.1 Å². The topological polar surface area (TPSA) is 83.0 Å². The van der Waals surface area contributed by atoms with Gasteiger partial charge in [0.05, 0.1) is 32.7 Å². The summed E-state index contributed by atoms with van der Waals surface area (Å²) in [6.45, 7) is 4.03. The number of carbonyl (C=O) groups excluding carboxylic acids is 3. The van der Waals surface area contributed by atoms with Crippen LogP contribution in [0.3, 0.4) is 0 Å². The molecule has 136 valence electrons. The number of carbonyl (C=O) groups is 3. The number of halogens is 2. The molecule has 0 radical (unpaired) electrons. The SMILES string of the molecule is CC(=O)N1CC[NH+](CC(=O)NCC(=O)Nc2ccc(F)c(F)c2)CC1. The minimum atomic E-state index is -1.06. The lowest BCUT2D eigenvalue weighted by Gasteiger charge is -2.31. The molecule has 3 N–H and O–H groups in total. The number of hydrogen-bond acceptors (Lipinski definition) is 3. The normalized spacial score (nSPS) is 14.9. The third-order valence-electron chi connectivity index (χ3n) is 3.98. The summed E-state index contributed by atoms with van der Waals surface area (Å²) in [5, 5.41) is 4.87. The lowest BCUT2D eigenvalue weighted by atomic mass is 10.3. The van der Waals surface area contributed by atoms with Crippen molar-refractivity contribution in [3.05, 3.63) is 29.8 Å². The van der Waals surface area contributed by atoms with Crippen LogP contribution in [0.4, 0.5) is 14.5 Å². The van der Waals surface area contributed by atoms with E-state index in [4.69, 9.17) is 0 Å². The fourth-order valence-corrected chi connectivity index (χ4v) is 2.56. The van der Waals surface area contributed by atoms with E-state index in [-0.39, 0.29) is 30.6 Å². The third kappa shape index (κ3) is 5.79. The quantitative estimate of drug-likeness (QED) is 0.618. The number of hydrogen-bond donors (Lipinski definition) is 3. The Kier molecular flexibility index (Phi) is 6.40. The number of benzene rings is 1. The summed E-state index contributed by atoms with van der Waals surface area (Å²) in [6, 6.07) is 3.01. The van der Waals surface area contributed by atoms with Crippen LogP contribution >= 0.6 is 0 Å². The Morgan fingerprint density at radius 2 is 1.80 bits per heavy atom. The first-order valence-corrected chi connectivity index (χ1v) is 7.96. The zero-order valence-corrected chi connectivity index (χ0v) is 13.9. The van der Waals surface area contributed by atoms with Crippen molar-refractivity contribution in [1.82, 2.24) is 10.2 Å². The minimum absolute atomic E-state index is 0.0254. The number of rotatable bonds is 5. The number of quaternary nitrogens is 1. The second kappa shape index (κ2) is 8.52. The molecule has 3 amide bonds. The van der Waals surface area contributed by atoms with E-state index < -0.39 is 17.5 Å². The van der Waals surface area contributed by atoms with E-state index in [1.54, 1.807) is 4.90 Å². The molecule has 1 saturated heterocycles. The van der Waals surface area contributed by atoms with Gasteiger partial charge in [-0.25, -0.2) is 8.78 Å². The average molecular weight is 355 g/mol. The van der Waals surface area contributed by atoms with Crippen LogP contribution in [0.2, 0.25) is 0 Å². The molecule has 1 aliphatic heterocycles. The highest BCUT2D eigenvalue weighted by Gasteiger charge is 2.23. The van der Waals surface area contributed by atoms with E-state index >= 15 is 0 Å². The molecule has 0 spiro atoms. The monoisotopic (exact) mass is 355 g/mol. The molecule has 1 aromatic rings. The highest BCUT2D eigenvalue weighted by molar-refractivity contribution is 5.94. The van der Waals surface area contributed by atoms with Crippen LogP contribution in [0.15, 0.2) is 18.2 Å². The van der Waals surface area contributed by atoms with Gasteiger partial charge in [0, 0.05) is 18.7 Å². The summed E-state index contributed by atoms with van der Waals surface area (Å²) in [6.07, 6.45) is 0. The average Bonchev–Trinajstić information content (AvgIpc) is 2.57. The minimum Gasteiger partial charge on any atom is -0.342 e. The van der Waals surface area contributed by atoms with Gasteiger partial charge in [0.2, 0.25) is 11.8 Å². The van der Waals surface area contributed by atoms with Gasteiger partial charge in [0.1, 0.15) is 0 Å². The van der Waals surface area contributed by atoms with Gasteiger partial charge >= 0.3 is 0 Å². The standard InChI is InChI=1S/C16H20F2N4O3/c1-11(23)22-6-4-21(5-7-22)10-16(25)19-9-15(24)20-12-2-3-13(17)14(18)8-12/h2-3,8H,4-7,9-10H2,1H3,(H,19,25)(H,20,24)/p+1.